The first-order valence-electron chi connectivity index (χ1n) is 6.25. The van der Waals surface area contributed by atoms with Gasteiger partial charge in [0.05, 0.1) is 0 Å². The van der Waals surface area contributed by atoms with Crippen LogP contribution in [0.3, 0.4) is 0 Å². The molecular formula is C14H25N3. The number of pyridine rings is 1. The Balaban J connectivity index is 2.51. The van der Waals surface area contributed by atoms with E-state index < -0.39 is 0 Å². The first-order chi connectivity index (χ1) is 7.95. The maximum Gasteiger partial charge on any atom is 0.0416 e. The van der Waals surface area contributed by atoms with E-state index in [-0.39, 0.29) is 5.41 Å². The van der Waals surface area contributed by atoms with E-state index >= 15 is 0 Å². The molecule has 0 aliphatic rings. The molecule has 0 fully saturated rings. The third-order valence-electron chi connectivity index (χ3n) is 3.20. The van der Waals surface area contributed by atoms with Gasteiger partial charge in [-0.15, -0.1) is 0 Å². The SMILES string of the molecule is CN(CCc1ccccn1)C(CN)C(C)(C)C. The summed E-state index contributed by atoms with van der Waals surface area (Å²) < 4.78 is 0. The van der Waals surface area contributed by atoms with Crippen LogP contribution in [0.25, 0.3) is 0 Å². The highest BCUT2D eigenvalue weighted by Crippen LogP contribution is 2.22. The molecule has 1 rings (SSSR count). The van der Waals surface area contributed by atoms with Gasteiger partial charge < -0.3 is 10.6 Å². The number of aromatic nitrogens is 1. The standard InChI is InChI=1S/C14H25N3/c1-14(2,3)13(11-15)17(4)10-8-12-7-5-6-9-16-12/h5-7,9,13H,8,10-11,15H2,1-4H3. The molecule has 0 spiro atoms. The first kappa shape index (κ1) is 14.1. The molecule has 3 nitrogen and oxygen atoms in total. The molecule has 2 N–H and O–H groups in total. The zero-order chi connectivity index (χ0) is 12.9. The molecule has 0 aromatic carbocycles. The second kappa shape index (κ2) is 6.12. The van der Waals surface area contributed by atoms with Crippen LogP contribution in [0.2, 0.25) is 0 Å². The Bertz CT molecular complexity index is 316. The molecule has 1 unspecified atom stereocenters. The van der Waals surface area contributed by atoms with E-state index in [1.807, 2.05) is 18.3 Å². The van der Waals surface area contributed by atoms with Crippen molar-refractivity contribution in [3.63, 3.8) is 0 Å². The molecule has 1 atom stereocenters. The van der Waals surface area contributed by atoms with Gasteiger partial charge >= 0.3 is 0 Å². The average molecular weight is 235 g/mol. The van der Waals surface area contributed by atoms with Gasteiger partial charge in [0.1, 0.15) is 0 Å². The quantitative estimate of drug-likeness (QED) is 0.848. The van der Waals surface area contributed by atoms with Gasteiger partial charge in [0.2, 0.25) is 0 Å². The van der Waals surface area contributed by atoms with Gasteiger partial charge in [-0.25, -0.2) is 0 Å². The van der Waals surface area contributed by atoms with Gasteiger partial charge in [-0.05, 0) is 24.6 Å². The van der Waals surface area contributed by atoms with Crippen LogP contribution >= 0.6 is 0 Å². The van der Waals surface area contributed by atoms with Crippen molar-refractivity contribution < 1.29 is 0 Å². The van der Waals surface area contributed by atoms with E-state index in [2.05, 4.69) is 43.8 Å². The number of hydrogen-bond donors (Lipinski definition) is 1. The molecule has 1 aromatic heterocycles. The Hall–Kier alpha value is -0.930. The fourth-order valence-corrected chi connectivity index (χ4v) is 2.19. The van der Waals surface area contributed by atoms with E-state index in [1.165, 1.54) is 0 Å². The third-order valence-corrected chi connectivity index (χ3v) is 3.20. The summed E-state index contributed by atoms with van der Waals surface area (Å²) in [6, 6.07) is 6.46. The minimum absolute atomic E-state index is 0.216. The van der Waals surface area contributed by atoms with Gasteiger partial charge in [-0.3, -0.25) is 4.98 Å². The lowest BCUT2D eigenvalue weighted by atomic mass is 9.86. The molecule has 0 saturated heterocycles. The zero-order valence-electron chi connectivity index (χ0n) is 11.5. The van der Waals surface area contributed by atoms with E-state index in [9.17, 15) is 0 Å². The topological polar surface area (TPSA) is 42.2 Å². The van der Waals surface area contributed by atoms with Crippen molar-refractivity contribution in [3.8, 4) is 0 Å². The molecular weight excluding hydrogens is 210 g/mol. The van der Waals surface area contributed by atoms with Crippen LogP contribution in [0.5, 0.6) is 0 Å². The molecule has 0 aliphatic carbocycles. The fourth-order valence-electron chi connectivity index (χ4n) is 2.19. The molecule has 0 amide bonds. The zero-order valence-corrected chi connectivity index (χ0v) is 11.5. The highest BCUT2D eigenvalue weighted by molar-refractivity contribution is 5.03. The second-order valence-electron chi connectivity index (χ2n) is 5.67. The lowest BCUT2D eigenvalue weighted by Crippen LogP contribution is -2.47. The molecule has 1 heterocycles. The minimum Gasteiger partial charge on any atom is -0.329 e. The molecule has 0 saturated carbocycles. The Morgan fingerprint density at radius 2 is 2.06 bits per heavy atom. The molecule has 17 heavy (non-hydrogen) atoms. The summed E-state index contributed by atoms with van der Waals surface area (Å²) in [5.41, 5.74) is 7.23. The van der Waals surface area contributed by atoms with Crippen molar-refractivity contribution in [1.29, 1.82) is 0 Å². The van der Waals surface area contributed by atoms with E-state index in [1.54, 1.807) is 0 Å². The maximum absolute atomic E-state index is 5.87. The third kappa shape index (κ3) is 4.44. The minimum atomic E-state index is 0.216. The van der Waals surface area contributed by atoms with Crippen LogP contribution in [-0.2, 0) is 6.42 Å². The predicted octanol–water partition coefficient (Wildman–Crippen LogP) is 1.93. The molecule has 96 valence electrons. The van der Waals surface area contributed by atoms with Crippen LogP contribution in [0.1, 0.15) is 26.5 Å². The van der Waals surface area contributed by atoms with E-state index in [0.717, 1.165) is 18.7 Å². The van der Waals surface area contributed by atoms with Crippen molar-refractivity contribution in [1.82, 2.24) is 9.88 Å². The van der Waals surface area contributed by atoms with Crippen molar-refractivity contribution in [2.24, 2.45) is 11.1 Å². The lowest BCUT2D eigenvalue weighted by molar-refractivity contribution is 0.133. The van der Waals surface area contributed by atoms with Crippen LogP contribution in [-0.4, -0.2) is 36.1 Å². The lowest BCUT2D eigenvalue weighted by Gasteiger charge is -2.37. The van der Waals surface area contributed by atoms with Crippen LogP contribution in [0.4, 0.5) is 0 Å². The van der Waals surface area contributed by atoms with Crippen LogP contribution in [0, 0.1) is 5.41 Å². The summed E-state index contributed by atoms with van der Waals surface area (Å²) in [4.78, 5) is 6.68. The van der Waals surface area contributed by atoms with Gasteiger partial charge in [0.15, 0.2) is 0 Å². The molecule has 0 radical (unpaired) electrons. The highest BCUT2D eigenvalue weighted by atomic mass is 15.1. The number of nitrogens with two attached hydrogens (primary N) is 1. The van der Waals surface area contributed by atoms with Crippen LogP contribution in [0.15, 0.2) is 24.4 Å². The number of nitrogens with zero attached hydrogens (tertiary/aromatic N) is 2. The number of likely N-dealkylation sites (N-methyl/N-ethyl adjacent to an activating group) is 1. The molecule has 3 heteroatoms. The van der Waals surface area contributed by atoms with Gasteiger partial charge in [-0.1, -0.05) is 26.8 Å². The van der Waals surface area contributed by atoms with Crippen molar-refractivity contribution >= 4 is 0 Å². The van der Waals surface area contributed by atoms with Crippen molar-refractivity contribution in [2.45, 2.75) is 33.2 Å². The summed E-state index contributed by atoms with van der Waals surface area (Å²) in [5.74, 6) is 0. The Morgan fingerprint density at radius 1 is 1.35 bits per heavy atom. The molecule has 0 bridgehead atoms. The normalized spacial score (nSPS) is 14.0. The number of hydrogen-bond acceptors (Lipinski definition) is 3. The monoisotopic (exact) mass is 235 g/mol. The summed E-state index contributed by atoms with van der Waals surface area (Å²) in [6.07, 6.45) is 2.82. The first-order valence-corrected chi connectivity index (χ1v) is 6.25. The van der Waals surface area contributed by atoms with Crippen molar-refractivity contribution in [2.75, 3.05) is 20.1 Å². The second-order valence-corrected chi connectivity index (χ2v) is 5.67. The van der Waals surface area contributed by atoms with Gasteiger partial charge in [0, 0.05) is 37.4 Å². The average Bonchev–Trinajstić information content (AvgIpc) is 2.27. The number of rotatable bonds is 5. The largest absolute Gasteiger partial charge is 0.329 e. The van der Waals surface area contributed by atoms with Gasteiger partial charge in [0.25, 0.3) is 0 Å². The predicted molar refractivity (Wildman–Crippen MR) is 72.9 cm³/mol. The Labute approximate surface area is 105 Å². The fraction of sp³-hybridized carbons (Fsp3) is 0.643. The Morgan fingerprint density at radius 3 is 2.53 bits per heavy atom. The summed E-state index contributed by atoms with van der Waals surface area (Å²) in [5, 5.41) is 0. The summed E-state index contributed by atoms with van der Waals surface area (Å²) >= 11 is 0. The maximum atomic E-state index is 5.87. The molecule has 0 aliphatic heterocycles. The smallest absolute Gasteiger partial charge is 0.0416 e. The van der Waals surface area contributed by atoms with Crippen molar-refractivity contribution in [3.05, 3.63) is 30.1 Å². The summed E-state index contributed by atoms with van der Waals surface area (Å²) in [7, 11) is 2.14. The Kier molecular flexibility index (Phi) is 5.09. The van der Waals surface area contributed by atoms with E-state index in [0.29, 0.717) is 12.6 Å². The summed E-state index contributed by atoms with van der Waals surface area (Å²) in [6.45, 7) is 8.41. The highest BCUT2D eigenvalue weighted by Gasteiger charge is 2.26. The van der Waals surface area contributed by atoms with Gasteiger partial charge in [-0.2, -0.15) is 0 Å². The van der Waals surface area contributed by atoms with E-state index in [4.69, 9.17) is 5.73 Å². The van der Waals surface area contributed by atoms with Crippen LogP contribution < -0.4 is 5.73 Å². The molecule has 1 aromatic rings.